The van der Waals surface area contributed by atoms with Crippen molar-refractivity contribution in [2.75, 3.05) is 6.54 Å². The first-order valence-corrected chi connectivity index (χ1v) is 6.15. The number of nitrogens with two attached hydrogens (primary N) is 1. The molecule has 0 aliphatic rings. The van der Waals surface area contributed by atoms with Crippen molar-refractivity contribution >= 4 is 11.6 Å². The molecule has 0 aliphatic heterocycles. The van der Waals surface area contributed by atoms with Gasteiger partial charge in [-0.3, -0.25) is 4.98 Å². The van der Waals surface area contributed by atoms with Gasteiger partial charge in [-0.15, -0.1) is 0 Å². The molecule has 0 unspecified atom stereocenters. The van der Waals surface area contributed by atoms with Crippen LogP contribution in [-0.4, -0.2) is 21.5 Å². The van der Waals surface area contributed by atoms with Gasteiger partial charge in [0, 0.05) is 17.6 Å². The number of hydrogen-bond donors (Lipinski definition) is 1. The highest BCUT2D eigenvalue weighted by Crippen LogP contribution is 2.18. The zero-order valence-corrected chi connectivity index (χ0v) is 11.2. The first-order valence-electron chi connectivity index (χ1n) is 5.78. The smallest absolute Gasteiger partial charge is 0.178 e. The van der Waals surface area contributed by atoms with Crippen LogP contribution >= 0.6 is 11.6 Å². The molecule has 2 rings (SSSR count). The van der Waals surface area contributed by atoms with Crippen molar-refractivity contribution < 1.29 is 0 Å². The topological polar surface area (TPSA) is 64.7 Å². The van der Waals surface area contributed by atoms with E-state index in [1.807, 2.05) is 19.9 Å². The average Bonchev–Trinajstić information content (AvgIpc) is 2.34. The predicted octanol–water partition coefficient (Wildman–Crippen LogP) is 2.31. The lowest BCUT2D eigenvalue weighted by Gasteiger charge is -2.09. The zero-order chi connectivity index (χ0) is 13.1. The van der Waals surface area contributed by atoms with E-state index in [1.54, 1.807) is 12.3 Å². The summed E-state index contributed by atoms with van der Waals surface area (Å²) in [5.41, 5.74) is 9.35. The van der Waals surface area contributed by atoms with E-state index >= 15 is 0 Å². The van der Waals surface area contributed by atoms with Crippen LogP contribution in [0, 0.1) is 13.8 Å². The van der Waals surface area contributed by atoms with Gasteiger partial charge in [-0.2, -0.15) is 0 Å². The predicted molar refractivity (Wildman–Crippen MR) is 72.5 cm³/mol. The van der Waals surface area contributed by atoms with Gasteiger partial charge in [-0.25, -0.2) is 9.97 Å². The van der Waals surface area contributed by atoms with Crippen molar-refractivity contribution in [3.63, 3.8) is 0 Å². The molecule has 0 aliphatic carbocycles. The molecule has 0 spiro atoms. The molecule has 4 nitrogen and oxygen atoms in total. The number of aromatic nitrogens is 3. The van der Waals surface area contributed by atoms with Crippen molar-refractivity contribution in [3.8, 4) is 11.5 Å². The number of nitrogens with zero attached hydrogens (tertiary/aromatic N) is 3. The lowest BCUT2D eigenvalue weighted by atomic mass is 10.1. The number of hydrogen-bond acceptors (Lipinski definition) is 4. The van der Waals surface area contributed by atoms with Gasteiger partial charge < -0.3 is 5.73 Å². The minimum Gasteiger partial charge on any atom is -0.330 e. The third-order valence-electron chi connectivity index (χ3n) is 2.77. The molecule has 0 saturated carbocycles. The quantitative estimate of drug-likeness (QED) is 0.922. The molecule has 5 heteroatoms. The second kappa shape index (κ2) is 5.42. The summed E-state index contributed by atoms with van der Waals surface area (Å²) in [7, 11) is 0. The molecular weight excluding hydrogens is 248 g/mol. The molecule has 2 N–H and O–H groups in total. The highest BCUT2D eigenvalue weighted by Gasteiger charge is 2.10. The minimum atomic E-state index is 0.601. The molecule has 18 heavy (non-hydrogen) atoms. The van der Waals surface area contributed by atoms with Crippen LogP contribution < -0.4 is 5.73 Å². The molecule has 94 valence electrons. The summed E-state index contributed by atoms with van der Waals surface area (Å²) in [6.07, 6.45) is 2.39. The molecule has 0 amide bonds. The lowest BCUT2D eigenvalue weighted by molar-refractivity contribution is 0.896. The Labute approximate surface area is 111 Å². The van der Waals surface area contributed by atoms with Crippen molar-refractivity contribution in [2.45, 2.75) is 20.3 Å². The van der Waals surface area contributed by atoms with Gasteiger partial charge in [0.2, 0.25) is 0 Å². The van der Waals surface area contributed by atoms with E-state index in [2.05, 4.69) is 15.0 Å². The largest absolute Gasteiger partial charge is 0.330 e. The Morgan fingerprint density at radius 3 is 2.33 bits per heavy atom. The molecule has 0 saturated heterocycles. The Balaban J connectivity index is 2.44. The summed E-state index contributed by atoms with van der Waals surface area (Å²) in [6, 6.07) is 3.60. The third-order valence-corrected chi connectivity index (χ3v) is 3.00. The van der Waals surface area contributed by atoms with E-state index in [9.17, 15) is 0 Å². The maximum Gasteiger partial charge on any atom is 0.178 e. The number of rotatable bonds is 3. The third kappa shape index (κ3) is 2.66. The Morgan fingerprint density at radius 2 is 1.83 bits per heavy atom. The minimum absolute atomic E-state index is 0.601. The van der Waals surface area contributed by atoms with E-state index in [-0.39, 0.29) is 0 Å². The molecule has 2 aromatic heterocycles. The molecule has 0 aromatic carbocycles. The SMILES string of the molecule is Cc1nc(-c2ccc(Cl)cn2)nc(C)c1CCN. The van der Waals surface area contributed by atoms with E-state index in [4.69, 9.17) is 17.3 Å². The maximum absolute atomic E-state index is 5.81. The van der Waals surface area contributed by atoms with Crippen molar-refractivity contribution in [1.29, 1.82) is 0 Å². The summed E-state index contributed by atoms with van der Waals surface area (Å²) in [6.45, 7) is 4.54. The van der Waals surface area contributed by atoms with Crippen LogP contribution in [-0.2, 0) is 6.42 Å². The maximum atomic E-state index is 5.81. The zero-order valence-electron chi connectivity index (χ0n) is 10.4. The summed E-state index contributed by atoms with van der Waals surface area (Å²) < 4.78 is 0. The summed E-state index contributed by atoms with van der Waals surface area (Å²) in [4.78, 5) is 13.2. The fourth-order valence-corrected chi connectivity index (χ4v) is 1.98. The Kier molecular flexibility index (Phi) is 3.89. The van der Waals surface area contributed by atoms with Crippen LogP contribution in [0.3, 0.4) is 0 Å². The van der Waals surface area contributed by atoms with Crippen molar-refractivity contribution in [2.24, 2.45) is 5.73 Å². The molecule has 0 bridgehead atoms. The van der Waals surface area contributed by atoms with Crippen molar-refractivity contribution in [1.82, 2.24) is 15.0 Å². The Bertz CT molecular complexity index is 528. The van der Waals surface area contributed by atoms with Crippen LogP contribution in [0.15, 0.2) is 18.3 Å². The highest BCUT2D eigenvalue weighted by atomic mass is 35.5. The van der Waals surface area contributed by atoms with E-state index in [0.717, 1.165) is 29.1 Å². The standard InChI is InChI=1S/C13H15ClN4/c1-8-11(5-6-15)9(2)18-13(17-8)12-4-3-10(14)7-16-12/h3-4,7H,5-6,15H2,1-2H3. The second-order valence-electron chi connectivity index (χ2n) is 4.10. The molecule has 0 fully saturated rings. The van der Waals surface area contributed by atoms with Crippen LogP contribution in [0.25, 0.3) is 11.5 Å². The van der Waals surface area contributed by atoms with Gasteiger partial charge in [0.1, 0.15) is 5.69 Å². The normalized spacial score (nSPS) is 10.7. The summed E-state index contributed by atoms with van der Waals surface area (Å²) >= 11 is 5.81. The van der Waals surface area contributed by atoms with Crippen LogP contribution in [0.5, 0.6) is 0 Å². The highest BCUT2D eigenvalue weighted by molar-refractivity contribution is 6.30. The number of pyridine rings is 1. The Morgan fingerprint density at radius 1 is 1.17 bits per heavy atom. The van der Waals surface area contributed by atoms with Crippen molar-refractivity contribution in [3.05, 3.63) is 40.3 Å². The van der Waals surface area contributed by atoms with Gasteiger partial charge in [0.15, 0.2) is 5.82 Å². The number of aryl methyl sites for hydroxylation is 2. The van der Waals surface area contributed by atoms with Gasteiger partial charge in [0.25, 0.3) is 0 Å². The van der Waals surface area contributed by atoms with Crippen LogP contribution in [0.2, 0.25) is 5.02 Å². The monoisotopic (exact) mass is 262 g/mol. The average molecular weight is 263 g/mol. The van der Waals surface area contributed by atoms with Gasteiger partial charge in [0.05, 0.1) is 5.02 Å². The molecule has 2 heterocycles. The van der Waals surface area contributed by atoms with E-state index < -0.39 is 0 Å². The second-order valence-corrected chi connectivity index (χ2v) is 4.53. The first kappa shape index (κ1) is 12.9. The van der Waals surface area contributed by atoms with Gasteiger partial charge in [-0.1, -0.05) is 11.6 Å². The summed E-state index contributed by atoms with van der Waals surface area (Å²) in [5.74, 6) is 0.627. The van der Waals surface area contributed by atoms with Crippen LogP contribution in [0.4, 0.5) is 0 Å². The first-order chi connectivity index (χ1) is 8.61. The molecule has 0 radical (unpaired) electrons. The van der Waals surface area contributed by atoms with E-state index in [0.29, 0.717) is 17.4 Å². The van der Waals surface area contributed by atoms with Gasteiger partial charge in [-0.05, 0) is 44.5 Å². The van der Waals surface area contributed by atoms with Gasteiger partial charge >= 0.3 is 0 Å². The Hall–Kier alpha value is -1.52. The van der Waals surface area contributed by atoms with E-state index in [1.165, 1.54) is 0 Å². The molecule has 0 atom stereocenters. The molecule has 2 aromatic rings. The lowest BCUT2D eigenvalue weighted by Crippen LogP contribution is -2.09. The van der Waals surface area contributed by atoms with Crippen LogP contribution in [0.1, 0.15) is 17.0 Å². The summed E-state index contributed by atoms with van der Waals surface area (Å²) in [5, 5.41) is 0.604. The fraction of sp³-hybridized carbons (Fsp3) is 0.308. The fourth-order valence-electron chi connectivity index (χ4n) is 1.87. The molecular formula is C13H15ClN4. The number of halogens is 1.